The summed E-state index contributed by atoms with van der Waals surface area (Å²) in [5.41, 5.74) is 2.08. The summed E-state index contributed by atoms with van der Waals surface area (Å²) < 4.78 is 0. The predicted octanol–water partition coefficient (Wildman–Crippen LogP) is 3.44. The van der Waals surface area contributed by atoms with Crippen LogP contribution < -0.4 is 5.32 Å². The molecule has 0 radical (unpaired) electrons. The minimum absolute atomic E-state index is 0.412. The molecular formula is C14H21NOS. The first kappa shape index (κ1) is 12.8. The Labute approximate surface area is 108 Å². The highest BCUT2D eigenvalue weighted by atomic mass is 32.2. The first-order chi connectivity index (χ1) is 8.18. The van der Waals surface area contributed by atoms with Crippen molar-refractivity contribution in [3.8, 4) is 0 Å². The van der Waals surface area contributed by atoms with Crippen molar-refractivity contribution in [2.45, 2.75) is 44.1 Å². The maximum absolute atomic E-state index is 9.75. The van der Waals surface area contributed by atoms with E-state index in [0.717, 1.165) is 11.3 Å². The minimum atomic E-state index is -0.412. The number of aliphatic hydroxyl groups is 1. The first-order valence-corrected chi connectivity index (χ1v) is 7.38. The van der Waals surface area contributed by atoms with Gasteiger partial charge in [0.2, 0.25) is 0 Å². The van der Waals surface area contributed by atoms with Gasteiger partial charge in [-0.15, -0.1) is 0 Å². The molecule has 0 aliphatic carbocycles. The van der Waals surface area contributed by atoms with Gasteiger partial charge < -0.3 is 10.4 Å². The highest BCUT2D eigenvalue weighted by Crippen LogP contribution is 2.30. The van der Waals surface area contributed by atoms with E-state index < -0.39 is 6.10 Å². The van der Waals surface area contributed by atoms with E-state index in [1.807, 2.05) is 36.9 Å². The molecule has 1 fully saturated rings. The Hall–Kier alpha value is -0.670. The quantitative estimate of drug-likeness (QED) is 0.863. The average molecular weight is 251 g/mol. The molecule has 1 aliphatic rings. The third-order valence-corrected chi connectivity index (χ3v) is 4.74. The topological polar surface area (TPSA) is 32.3 Å². The van der Waals surface area contributed by atoms with E-state index >= 15 is 0 Å². The first-order valence-electron chi connectivity index (χ1n) is 6.33. The second kappa shape index (κ2) is 5.78. The van der Waals surface area contributed by atoms with Gasteiger partial charge in [-0.3, -0.25) is 0 Å². The van der Waals surface area contributed by atoms with Gasteiger partial charge in [-0.2, -0.15) is 11.8 Å². The molecule has 0 saturated carbocycles. The normalized spacial score (nSPS) is 26.5. The molecule has 3 atom stereocenters. The summed E-state index contributed by atoms with van der Waals surface area (Å²) in [6.07, 6.45) is 2.09. The standard InChI is InChI=1S/C14H21NOS/c1-10(16)12-6-3-4-7-14(12)15-13-8-5-9-17-11(13)2/h3-4,6-7,10-11,13,15-16H,5,8-9H2,1-2H3. The van der Waals surface area contributed by atoms with Gasteiger partial charge in [0.15, 0.2) is 0 Å². The van der Waals surface area contributed by atoms with E-state index in [1.165, 1.54) is 18.6 Å². The largest absolute Gasteiger partial charge is 0.389 e. The number of hydrogen-bond acceptors (Lipinski definition) is 3. The second-order valence-corrected chi connectivity index (χ2v) is 6.22. The van der Waals surface area contributed by atoms with Crippen LogP contribution in [-0.4, -0.2) is 22.2 Å². The van der Waals surface area contributed by atoms with Crippen molar-refractivity contribution < 1.29 is 5.11 Å². The van der Waals surface area contributed by atoms with Crippen LogP contribution in [0.25, 0.3) is 0 Å². The lowest BCUT2D eigenvalue weighted by Crippen LogP contribution is -2.33. The molecule has 2 nitrogen and oxygen atoms in total. The van der Waals surface area contributed by atoms with Gasteiger partial charge in [0.25, 0.3) is 0 Å². The fourth-order valence-electron chi connectivity index (χ4n) is 2.31. The zero-order valence-corrected chi connectivity index (χ0v) is 11.3. The zero-order valence-electron chi connectivity index (χ0n) is 10.5. The SMILES string of the molecule is CC(O)c1ccccc1NC1CCCSC1C. The number of thioether (sulfide) groups is 1. The number of aliphatic hydroxyl groups excluding tert-OH is 1. The second-order valence-electron chi connectivity index (χ2n) is 4.73. The lowest BCUT2D eigenvalue weighted by atomic mass is 10.0. The smallest absolute Gasteiger partial charge is 0.0781 e. The number of anilines is 1. The molecule has 2 N–H and O–H groups in total. The van der Waals surface area contributed by atoms with Crippen molar-refractivity contribution in [2.75, 3.05) is 11.1 Å². The van der Waals surface area contributed by atoms with Crippen molar-refractivity contribution in [3.63, 3.8) is 0 Å². The molecule has 0 amide bonds. The molecule has 0 bridgehead atoms. The Morgan fingerprint density at radius 2 is 2.18 bits per heavy atom. The molecule has 3 unspecified atom stereocenters. The fraction of sp³-hybridized carbons (Fsp3) is 0.571. The maximum atomic E-state index is 9.75. The van der Waals surface area contributed by atoms with E-state index in [1.54, 1.807) is 0 Å². The molecule has 1 aliphatic heterocycles. The Morgan fingerprint density at radius 1 is 1.41 bits per heavy atom. The summed E-state index contributed by atoms with van der Waals surface area (Å²) in [5.74, 6) is 1.28. The predicted molar refractivity (Wildman–Crippen MR) is 75.6 cm³/mol. The molecule has 1 heterocycles. The van der Waals surface area contributed by atoms with Gasteiger partial charge in [0, 0.05) is 22.5 Å². The van der Waals surface area contributed by atoms with Gasteiger partial charge in [-0.1, -0.05) is 25.1 Å². The van der Waals surface area contributed by atoms with Gasteiger partial charge >= 0.3 is 0 Å². The molecule has 1 aromatic carbocycles. The Kier molecular flexibility index (Phi) is 4.35. The van der Waals surface area contributed by atoms with Crippen molar-refractivity contribution in [1.82, 2.24) is 0 Å². The third-order valence-electron chi connectivity index (χ3n) is 3.36. The van der Waals surface area contributed by atoms with Crippen LogP contribution >= 0.6 is 11.8 Å². The van der Waals surface area contributed by atoms with E-state index in [-0.39, 0.29) is 0 Å². The highest BCUT2D eigenvalue weighted by molar-refractivity contribution is 8.00. The summed E-state index contributed by atoms with van der Waals surface area (Å²) in [5, 5.41) is 14.0. The number of benzene rings is 1. The monoisotopic (exact) mass is 251 g/mol. The van der Waals surface area contributed by atoms with Gasteiger partial charge in [-0.25, -0.2) is 0 Å². The number of para-hydroxylation sites is 1. The van der Waals surface area contributed by atoms with Crippen molar-refractivity contribution in [3.05, 3.63) is 29.8 Å². The van der Waals surface area contributed by atoms with Crippen LogP contribution in [0.3, 0.4) is 0 Å². The van der Waals surface area contributed by atoms with Crippen LogP contribution in [0.15, 0.2) is 24.3 Å². The molecule has 94 valence electrons. The van der Waals surface area contributed by atoms with Gasteiger partial charge in [-0.05, 0) is 31.6 Å². The summed E-state index contributed by atoms with van der Waals surface area (Å²) >= 11 is 2.03. The van der Waals surface area contributed by atoms with E-state index in [0.29, 0.717) is 11.3 Å². The lowest BCUT2D eigenvalue weighted by molar-refractivity contribution is 0.200. The van der Waals surface area contributed by atoms with Crippen LogP contribution in [0.2, 0.25) is 0 Å². The summed E-state index contributed by atoms with van der Waals surface area (Å²) in [6, 6.07) is 8.58. The third kappa shape index (κ3) is 3.17. The fourth-order valence-corrected chi connectivity index (χ4v) is 3.45. The molecule has 2 rings (SSSR count). The molecule has 3 heteroatoms. The highest BCUT2D eigenvalue weighted by Gasteiger charge is 2.22. The van der Waals surface area contributed by atoms with Crippen molar-refractivity contribution in [1.29, 1.82) is 0 Å². The zero-order chi connectivity index (χ0) is 12.3. The Morgan fingerprint density at radius 3 is 2.88 bits per heavy atom. The van der Waals surface area contributed by atoms with Crippen molar-refractivity contribution in [2.24, 2.45) is 0 Å². The number of rotatable bonds is 3. The average Bonchev–Trinajstić information content (AvgIpc) is 2.32. The molecule has 17 heavy (non-hydrogen) atoms. The molecule has 0 aromatic heterocycles. The van der Waals surface area contributed by atoms with Crippen LogP contribution in [0.1, 0.15) is 38.4 Å². The Bertz CT molecular complexity index is 367. The van der Waals surface area contributed by atoms with E-state index in [2.05, 4.69) is 18.3 Å². The minimum Gasteiger partial charge on any atom is -0.389 e. The van der Waals surface area contributed by atoms with Crippen LogP contribution in [0.5, 0.6) is 0 Å². The molecular weight excluding hydrogens is 230 g/mol. The summed E-state index contributed by atoms with van der Waals surface area (Å²) in [6.45, 7) is 4.10. The summed E-state index contributed by atoms with van der Waals surface area (Å²) in [7, 11) is 0. The van der Waals surface area contributed by atoms with Crippen LogP contribution in [0, 0.1) is 0 Å². The van der Waals surface area contributed by atoms with Crippen LogP contribution in [0.4, 0.5) is 5.69 Å². The van der Waals surface area contributed by atoms with Gasteiger partial charge in [0.05, 0.1) is 6.10 Å². The molecule has 1 saturated heterocycles. The lowest BCUT2D eigenvalue weighted by Gasteiger charge is -2.31. The van der Waals surface area contributed by atoms with Crippen LogP contribution in [-0.2, 0) is 0 Å². The summed E-state index contributed by atoms with van der Waals surface area (Å²) in [4.78, 5) is 0. The van der Waals surface area contributed by atoms with E-state index in [9.17, 15) is 5.11 Å². The van der Waals surface area contributed by atoms with Crippen molar-refractivity contribution >= 4 is 17.4 Å². The number of hydrogen-bond donors (Lipinski definition) is 2. The number of nitrogens with one attached hydrogen (secondary N) is 1. The van der Waals surface area contributed by atoms with Gasteiger partial charge in [0.1, 0.15) is 0 Å². The maximum Gasteiger partial charge on any atom is 0.0781 e. The Balaban J connectivity index is 2.12. The molecule has 0 spiro atoms. The van der Waals surface area contributed by atoms with E-state index in [4.69, 9.17) is 0 Å². The molecule has 1 aromatic rings.